The molecule has 0 bridgehead atoms. The number of nitrogens with one attached hydrogen (secondary N) is 1. The highest BCUT2D eigenvalue weighted by molar-refractivity contribution is 6.32. The number of ether oxygens (including phenoxy) is 1. The van der Waals surface area contributed by atoms with E-state index in [0.29, 0.717) is 23.9 Å². The van der Waals surface area contributed by atoms with Crippen LogP contribution in [-0.2, 0) is 9.59 Å². The fourth-order valence-electron chi connectivity index (χ4n) is 1.36. The molecule has 0 heterocycles. The molecule has 1 rings (SSSR count). The largest absolute Gasteiger partial charge is 0.490 e. The molecule has 0 aliphatic carbocycles. The van der Waals surface area contributed by atoms with Gasteiger partial charge >= 0.3 is 0 Å². The van der Waals surface area contributed by atoms with Gasteiger partial charge in [-0.2, -0.15) is 0 Å². The van der Waals surface area contributed by atoms with Crippen molar-refractivity contribution in [1.29, 1.82) is 0 Å². The van der Waals surface area contributed by atoms with E-state index in [1.165, 1.54) is 4.90 Å². The van der Waals surface area contributed by atoms with Gasteiger partial charge in [-0.25, -0.2) is 0 Å². The van der Waals surface area contributed by atoms with Gasteiger partial charge < -0.3 is 20.7 Å². The number of benzene rings is 1. The maximum Gasteiger partial charge on any atom is 0.241 e. The number of likely N-dealkylation sites (N-methyl/N-ethyl adjacent to an activating group) is 1. The fourth-order valence-corrected chi connectivity index (χ4v) is 1.55. The Morgan fingerprint density at radius 1 is 1.38 bits per heavy atom. The molecule has 0 aliphatic heterocycles. The first-order valence-electron chi connectivity index (χ1n) is 6.12. The Labute approximate surface area is 135 Å². The zero-order valence-electron chi connectivity index (χ0n) is 11.7. The van der Waals surface area contributed by atoms with Gasteiger partial charge in [0.2, 0.25) is 11.8 Å². The van der Waals surface area contributed by atoms with E-state index >= 15 is 0 Å². The average molecular weight is 336 g/mol. The minimum Gasteiger partial charge on any atom is -0.490 e. The van der Waals surface area contributed by atoms with E-state index in [0.717, 1.165) is 0 Å². The molecule has 1 aromatic carbocycles. The van der Waals surface area contributed by atoms with E-state index in [2.05, 4.69) is 5.32 Å². The van der Waals surface area contributed by atoms with Crippen molar-refractivity contribution in [2.45, 2.75) is 0 Å². The lowest BCUT2D eigenvalue weighted by Gasteiger charge is -2.18. The normalized spacial score (nSPS) is 9.48. The SMILES string of the molecule is CN(CCOc1ccccc1Cl)C(=O)CNC(=O)CN.Cl. The van der Waals surface area contributed by atoms with Gasteiger partial charge in [0, 0.05) is 7.05 Å². The minimum atomic E-state index is -0.362. The molecule has 0 unspecified atom stereocenters. The maximum atomic E-state index is 11.7. The molecule has 118 valence electrons. The Morgan fingerprint density at radius 2 is 2.05 bits per heavy atom. The lowest BCUT2D eigenvalue weighted by Crippen LogP contribution is -2.41. The van der Waals surface area contributed by atoms with E-state index in [9.17, 15) is 9.59 Å². The second kappa shape index (κ2) is 10.3. The Balaban J connectivity index is 0.00000400. The van der Waals surface area contributed by atoms with Gasteiger partial charge in [-0.3, -0.25) is 9.59 Å². The van der Waals surface area contributed by atoms with Crippen molar-refractivity contribution in [3.05, 3.63) is 29.3 Å². The third kappa shape index (κ3) is 7.17. The molecule has 0 aliphatic rings. The van der Waals surface area contributed by atoms with E-state index in [1.807, 2.05) is 12.1 Å². The van der Waals surface area contributed by atoms with Gasteiger partial charge in [0.25, 0.3) is 0 Å². The van der Waals surface area contributed by atoms with Gasteiger partial charge in [0.1, 0.15) is 12.4 Å². The summed E-state index contributed by atoms with van der Waals surface area (Å²) in [6, 6.07) is 7.11. The van der Waals surface area contributed by atoms with Crippen molar-refractivity contribution in [2.24, 2.45) is 5.73 Å². The van der Waals surface area contributed by atoms with Gasteiger partial charge in [-0.15, -0.1) is 12.4 Å². The molecule has 3 N–H and O–H groups in total. The standard InChI is InChI=1S/C13H18ClN3O3.ClH/c1-17(13(19)9-16-12(18)8-15)6-7-20-11-5-3-2-4-10(11)14;/h2-5H,6-9,15H2,1H3,(H,16,18);1H. The van der Waals surface area contributed by atoms with Crippen LogP contribution < -0.4 is 15.8 Å². The molecule has 0 saturated carbocycles. The first-order chi connectivity index (χ1) is 9.54. The summed E-state index contributed by atoms with van der Waals surface area (Å²) in [6.45, 7) is 0.505. The van der Waals surface area contributed by atoms with Crippen LogP contribution in [0.4, 0.5) is 0 Å². The number of carbonyl (C=O) groups excluding carboxylic acids is 2. The molecule has 8 heteroatoms. The quantitative estimate of drug-likeness (QED) is 0.767. The summed E-state index contributed by atoms with van der Waals surface area (Å²) >= 11 is 5.94. The van der Waals surface area contributed by atoms with Crippen molar-refractivity contribution in [2.75, 3.05) is 33.3 Å². The molecule has 0 fully saturated rings. The highest BCUT2D eigenvalue weighted by atomic mass is 35.5. The second-order valence-electron chi connectivity index (χ2n) is 4.08. The second-order valence-corrected chi connectivity index (χ2v) is 4.48. The summed E-state index contributed by atoms with van der Waals surface area (Å²) in [6.07, 6.45) is 0. The molecule has 0 saturated heterocycles. The summed E-state index contributed by atoms with van der Waals surface area (Å²) in [4.78, 5) is 24.1. The van der Waals surface area contributed by atoms with Gasteiger partial charge in [-0.05, 0) is 12.1 Å². The number of nitrogens with zero attached hydrogens (tertiary/aromatic N) is 1. The number of para-hydroxylation sites is 1. The van der Waals surface area contributed by atoms with E-state index in [-0.39, 0.29) is 37.3 Å². The molecule has 0 atom stereocenters. The molecule has 0 aromatic heterocycles. The van der Waals surface area contributed by atoms with Crippen LogP contribution >= 0.6 is 24.0 Å². The highest BCUT2D eigenvalue weighted by Gasteiger charge is 2.10. The first-order valence-corrected chi connectivity index (χ1v) is 6.50. The number of hydrogen-bond donors (Lipinski definition) is 2. The van der Waals surface area contributed by atoms with Crippen LogP contribution in [0, 0.1) is 0 Å². The predicted octanol–water partition coefficient (Wildman–Crippen LogP) is 0.674. The van der Waals surface area contributed by atoms with Gasteiger partial charge in [0.15, 0.2) is 0 Å². The van der Waals surface area contributed by atoms with Crippen LogP contribution in [0.15, 0.2) is 24.3 Å². The van der Waals surface area contributed by atoms with E-state index in [4.69, 9.17) is 22.1 Å². The topological polar surface area (TPSA) is 84.7 Å². The van der Waals surface area contributed by atoms with E-state index < -0.39 is 0 Å². The van der Waals surface area contributed by atoms with Crippen LogP contribution in [0.25, 0.3) is 0 Å². The molecule has 6 nitrogen and oxygen atoms in total. The number of amides is 2. The monoisotopic (exact) mass is 335 g/mol. The minimum absolute atomic E-state index is 0. The molecule has 0 radical (unpaired) electrons. The maximum absolute atomic E-state index is 11.7. The van der Waals surface area contributed by atoms with E-state index in [1.54, 1.807) is 19.2 Å². The fraction of sp³-hybridized carbons (Fsp3) is 0.385. The summed E-state index contributed by atoms with van der Waals surface area (Å²) in [7, 11) is 1.63. The Hall–Kier alpha value is -1.50. The van der Waals surface area contributed by atoms with Crippen molar-refractivity contribution in [1.82, 2.24) is 10.2 Å². The van der Waals surface area contributed by atoms with Crippen molar-refractivity contribution < 1.29 is 14.3 Å². The molecule has 1 aromatic rings. The van der Waals surface area contributed by atoms with Crippen LogP contribution in [-0.4, -0.2) is 50.0 Å². The molecular weight excluding hydrogens is 317 g/mol. The summed E-state index contributed by atoms with van der Waals surface area (Å²) < 4.78 is 5.47. The Bertz CT molecular complexity index is 472. The zero-order chi connectivity index (χ0) is 15.0. The van der Waals surface area contributed by atoms with Crippen LogP contribution in [0.2, 0.25) is 5.02 Å². The Kier molecular flexibility index (Phi) is 9.53. The molecular formula is C13H19Cl2N3O3. The lowest BCUT2D eigenvalue weighted by atomic mass is 10.3. The van der Waals surface area contributed by atoms with Gasteiger partial charge in [-0.1, -0.05) is 23.7 Å². The number of halogens is 2. The van der Waals surface area contributed by atoms with Crippen molar-refractivity contribution in [3.8, 4) is 5.75 Å². The molecule has 2 amide bonds. The smallest absolute Gasteiger partial charge is 0.241 e. The summed E-state index contributed by atoms with van der Waals surface area (Å²) in [5.41, 5.74) is 5.12. The van der Waals surface area contributed by atoms with Crippen molar-refractivity contribution in [3.63, 3.8) is 0 Å². The van der Waals surface area contributed by atoms with Crippen molar-refractivity contribution >= 4 is 35.8 Å². The third-order valence-corrected chi connectivity index (χ3v) is 2.88. The van der Waals surface area contributed by atoms with Crippen LogP contribution in [0.3, 0.4) is 0 Å². The summed E-state index contributed by atoms with van der Waals surface area (Å²) in [5.74, 6) is 0.0000705. The van der Waals surface area contributed by atoms with Crippen LogP contribution in [0.1, 0.15) is 0 Å². The summed E-state index contributed by atoms with van der Waals surface area (Å²) in [5, 5.41) is 2.94. The van der Waals surface area contributed by atoms with Crippen LogP contribution in [0.5, 0.6) is 5.75 Å². The third-order valence-electron chi connectivity index (χ3n) is 2.57. The molecule has 0 spiro atoms. The predicted molar refractivity (Wildman–Crippen MR) is 83.9 cm³/mol. The zero-order valence-corrected chi connectivity index (χ0v) is 13.2. The van der Waals surface area contributed by atoms with Gasteiger partial charge in [0.05, 0.1) is 24.7 Å². The molecule has 21 heavy (non-hydrogen) atoms. The number of carbonyl (C=O) groups is 2. The number of hydrogen-bond acceptors (Lipinski definition) is 4. The Morgan fingerprint density at radius 3 is 2.67 bits per heavy atom. The number of rotatable bonds is 7. The first kappa shape index (κ1) is 19.5. The average Bonchev–Trinajstić information content (AvgIpc) is 2.46. The highest BCUT2D eigenvalue weighted by Crippen LogP contribution is 2.22. The number of nitrogens with two attached hydrogens (primary N) is 1. The lowest BCUT2D eigenvalue weighted by molar-refractivity contribution is -0.131.